The summed E-state index contributed by atoms with van der Waals surface area (Å²) in [5, 5.41) is 10.6. The summed E-state index contributed by atoms with van der Waals surface area (Å²) in [5.41, 5.74) is 2.47. The maximum atomic E-state index is 12.2. The largest absolute Gasteiger partial charge is 0.341 e. The van der Waals surface area contributed by atoms with Crippen LogP contribution in [0.15, 0.2) is 12.4 Å². The van der Waals surface area contributed by atoms with Crippen molar-refractivity contribution in [3.05, 3.63) is 34.5 Å². The molecule has 3 aromatic heterocycles. The number of carbonyl (C=O) groups excluding carboxylic acids is 1. The van der Waals surface area contributed by atoms with Gasteiger partial charge in [-0.2, -0.15) is 20.2 Å². The first-order valence-corrected chi connectivity index (χ1v) is 6.41. The molecule has 8 nitrogen and oxygen atoms in total. The molecular formula is C12H10ClN7O. The van der Waals surface area contributed by atoms with E-state index >= 15 is 0 Å². The zero-order valence-electron chi connectivity index (χ0n) is 11.2. The molecule has 0 bridgehead atoms. The fourth-order valence-corrected chi connectivity index (χ4v) is 2.02. The molecule has 0 spiro atoms. The molecule has 3 heterocycles. The van der Waals surface area contributed by atoms with Crippen LogP contribution in [-0.2, 0) is 0 Å². The average Bonchev–Trinajstić information content (AvgIpc) is 2.90. The number of rotatable bonds is 2. The Kier molecular flexibility index (Phi) is 3.22. The monoisotopic (exact) mass is 303 g/mol. The number of nitrogens with one attached hydrogen (secondary N) is 2. The van der Waals surface area contributed by atoms with Crippen molar-refractivity contribution in [2.45, 2.75) is 13.8 Å². The molecule has 0 fully saturated rings. The third kappa shape index (κ3) is 2.52. The third-order valence-electron chi connectivity index (χ3n) is 2.81. The van der Waals surface area contributed by atoms with Crippen molar-refractivity contribution in [1.29, 1.82) is 0 Å². The predicted molar refractivity (Wildman–Crippen MR) is 76.2 cm³/mol. The third-order valence-corrected chi connectivity index (χ3v) is 3.09. The van der Waals surface area contributed by atoms with E-state index in [2.05, 4.69) is 35.5 Å². The lowest BCUT2D eigenvalue weighted by molar-refractivity contribution is 0.102. The van der Waals surface area contributed by atoms with Crippen LogP contribution in [0, 0.1) is 13.8 Å². The van der Waals surface area contributed by atoms with Crippen LogP contribution in [0.3, 0.4) is 0 Å². The SMILES string of the molecule is Cc1cc(C(=O)Nc2nc(Cl)c3[nH]cnc3n2)c(C)nn1. The Hall–Kier alpha value is -2.61. The minimum atomic E-state index is -0.378. The highest BCUT2D eigenvalue weighted by Crippen LogP contribution is 2.18. The summed E-state index contributed by atoms with van der Waals surface area (Å²) >= 11 is 5.99. The molecule has 0 aromatic carbocycles. The summed E-state index contributed by atoms with van der Waals surface area (Å²) in [6, 6.07) is 1.65. The van der Waals surface area contributed by atoms with Crippen molar-refractivity contribution in [2.24, 2.45) is 0 Å². The molecule has 9 heteroatoms. The first-order chi connectivity index (χ1) is 10.0. The van der Waals surface area contributed by atoms with Gasteiger partial charge in [0.05, 0.1) is 23.3 Å². The Bertz CT molecular complexity index is 845. The maximum Gasteiger partial charge on any atom is 0.259 e. The van der Waals surface area contributed by atoms with Crippen molar-refractivity contribution in [3.63, 3.8) is 0 Å². The zero-order chi connectivity index (χ0) is 15.0. The molecule has 3 rings (SSSR count). The molecule has 21 heavy (non-hydrogen) atoms. The second kappa shape index (κ2) is 5.06. The van der Waals surface area contributed by atoms with Crippen molar-refractivity contribution >= 4 is 34.6 Å². The molecule has 0 aliphatic rings. The summed E-state index contributed by atoms with van der Waals surface area (Å²) < 4.78 is 0. The number of hydrogen-bond donors (Lipinski definition) is 2. The van der Waals surface area contributed by atoms with Crippen LogP contribution in [0.4, 0.5) is 5.95 Å². The highest BCUT2D eigenvalue weighted by molar-refractivity contribution is 6.33. The molecule has 106 valence electrons. The van der Waals surface area contributed by atoms with E-state index in [-0.39, 0.29) is 17.0 Å². The molecule has 3 aromatic rings. The van der Waals surface area contributed by atoms with Crippen LogP contribution in [0.1, 0.15) is 21.7 Å². The topological polar surface area (TPSA) is 109 Å². The highest BCUT2D eigenvalue weighted by atomic mass is 35.5. The number of imidazole rings is 1. The van der Waals surface area contributed by atoms with Crippen LogP contribution in [0.25, 0.3) is 11.2 Å². The van der Waals surface area contributed by atoms with Crippen molar-refractivity contribution < 1.29 is 4.79 Å². The molecule has 0 aliphatic carbocycles. The fourth-order valence-electron chi connectivity index (χ4n) is 1.80. The first-order valence-electron chi connectivity index (χ1n) is 6.03. The van der Waals surface area contributed by atoms with E-state index in [1.165, 1.54) is 6.33 Å². The lowest BCUT2D eigenvalue weighted by atomic mass is 10.2. The number of aryl methyl sites for hydroxylation is 2. The van der Waals surface area contributed by atoms with E-state index in [1.807, 2.05) is 0 Å². The molecule has 1 amide bonds. The van der Waals surface area contributed by atoms with Gasteiger partial charge < -0.3 is 4.98 Å². The maximum absolute atomic E-state index is 12.2. The number of H-pyrrole nitrogens is 1. The van der Waals surface area contributed by atoms with E-state index < -0.39 is 0 Å². The Balaban J connectivity index is 1.94. The standard InChI is InChI=1S/C12H10ClN7O/c1-5-3-7(6(2)20-19-5)11(21)18-12-16-9(13)8-10(17-12)15-4-14-8/h3-4H,1-2H3,(H2,14,15,16,17,18,21). The number of fused-ring (bicyclic) bond motifs is 1. The Morgan fingerprint density at radius 3 is 2.90 bits per heavy atom. The lowest BCUT2D eigenvalue weighted by Gasteiger charge is -2.06. The van der Waals surface area contributed by atoms with Crippen LogP contribution >= 0.6 is 11.6 Å². The van der Waals surface area contributed by atoms with Gasteiger partial charge in [0.2, 0.25) is 5.95 Å². The van der Waals surface area contributed by atoms with E-state index in [0.717, 1.165) is 0 Å². The molecule has 0 unspecified atom stereocenters. The first kappa shape index (κ1) is 13.4. The number of nitrogens with zero attached hydrogens (tertiary/aromatic N) is 5. The van der Waals surface area contributed by atoms with Gasteiger partial charge in [0, 0.05) is 0 Å². The molecule has 0 saturated heterocycles. The number of aromatic nitrogens is 6. The molecular weight excluding hydrogens is 294 g/mol. The summed E-state index contributed by atoms with van der Waals surface area (Å²) in [6.07, 6.45) is 1.46. The summed E-state index contributed by atoms with van der Waals surface area (Å²) in [7, 11) is 0. The summed E-state index contributed by atoms with van der Waals surface area (Å²) in [5.74, 6) is -0.296. The Morgan fingerprint density at radius 2 is 2.10 bits per heavy atom. The number of carbonyl (C=O) groups is 1. The van der Waals surface area contributed by atoms with Gasteiger partial charge in [-0.1, -0.05) is 11.6 Å². The molecule has 0 atom stereocenters. The summed E-state index contributed by atoms with van der Waals surface area (Å²) in [4.78, 5) is 27.2. The number of hydrogen-bond acceptors (Lipinski definition) is 6. The van der Waals surface area contributed by atoms with Crippen molar-refractivity contribution in [3.8, 4) is 0 Å². The van der Waals surface area contributed by atoms with Crippen LogP contribution in [0.2, 0.25) is 5.15 Å². The highest BCUT2D eigenvalue weighted by Gasteiger charge is 2.15. The quantitative estimate of drug-likeness (QED) is 0.697. The van der Waals surface area contributed by atoms with E-state index in [0.29, 0.717) is 28.1 Å². The Labute approximate surface area is 124 Å². The fraction of sp³-hybridized carbons (Fsp3) is 0.167. The van der Waals surface area contributed by atoms with Gasteiger partial charge in [-0.3, -0.25) is 10.1 Å². The number of anilines is 1. The molecule has 0 saturated carbocycles. The minimum absolute atomic E-state index is 0.0819. The Morgan fingerprint density at radius 1 is 1.29 bits per heavy atom. The van der Waals surface area contributed by atoms with E-state index in [4.69, 9.17) is 11.6 Å². The van der Waals surface area contributed by atoms with Crippen molar-refractivity contribution in [1.82, 2.24) is 30.1 Å². The van der Waals surface area contributed by atoms with Gasteiger partial charge in [0.15, 0.2) is 10.8 Å². The average molecular weight is 304 g/mol. The van der Waals surface area contributed by atoms with Crippen LogP contribution < -0.4 is 5.32 Å². The van der Waals surface area contributed by atoms with Gasteiger partial charge in [0.1, 0.15) is 5.52 Å². The summed E-state index contributed by atoms with van der Waals surface area (Å²) in [6.45, 7) is 3.46. The van der Waals surface area contributed by atoms with E-state index in [1.54, 1.807) is 19.9 Å². The van der Waals surface area contributed by atoms with Gasteiger partial charge in [-0.25, -0.2) is 4.98 Å². The number of aromatic amines is 1. The van der Waals surface area contributed by atoms with Crippen LogP contribution in [-0.4, -0.2) is 36.0 Å². The number of amides is 1. The molecule has 0 aliphatic heterocycles. The molecule has 0 radical (unpaired) electrons. The normalized spacial score (nSPS) is 10.8. The van der Waals surface area contributed by atoms with Gasteiger partial charge >= 0.3 is 0 Å². The zero-order valence-corrected chi connectivity index (χ0v) is 11.9. The minimum Gasteiger partial charge on any atom is -0.341 e. The second-order valence-electron chi connectivity index (χ2n) is 4.38. The number of halogens is 1. The second-order valence-corrected chi connectivity index (χ2v) is 4.74. The van der Waals surface area contributed by atoms with Crippen molar-refractivity contribution in [2.75, 3.05) is 5.32 Å². The van der Waals surface area contributed by atoms with Gasteiger partial charge in [-0.05, 0) is 19.9 Å². The predicted octanol–water partition coefficient (Wildman–Crippen LogP) is 1.67. The van der Waals surface area contributed by atoms with Gasteiger partial charge in [-0.15, -0.1) is 0 Å². The van der Waals surface area contributed by atoms with Gasteiger partial charge in [0.25, 0.3) is 5.91 Å². The smallest absolute Gasteiger partial charge is 0.259 e. The van der Waals surface area contributed by atoms with Crippen LogP contribution in [0.5, 0.6) is 0 Å². The van der Waals surface area contributed by atoms with E-state index in [9.17, 15) is 4.79 Å². The lowest BCUT2D eigenvalue weighted by Crippen LogP contribution is -2.17. The molecule has 2 N–H and O–H groups in total.